The first-order chi connectivity index (χ1) is 10.9. The van der Waals surface area contributed by atoms with E-state index in [1.165, 1.54) is 28.8 Å². The standard InChI is InChI=1S/C20H27FN2/c1-12(2)19-14(5)18(15-7-9-16(21)10-8-15)17(11-22-6)20(23-19)13(3)4/h7-10,12-13,22H,11H2,1-6H3. The van der Waals surface area contributed by atoms with Gasteiger partial charge in [-0.2, -0.15) is 0 Å². The van der Waals surface area contributed by atoms with E-state index in [1.807, 2.05) is 19.2 Å². The number of hydrogen-bond donors (Lipinski definition) is 1. The van der Waals surface area contributed by atoms with Crippen molar-refractivity contribution in [3.63, 3.8) is 0 Å². The van der Waals surface area contributed by atoms with Crippen molar-refractivity contribution in [2.75, 3.05) is 7.05 Å². The number of aromatic nitrogens is 1. The molecule has 0 radical (unpaired) electrons. The predicted molar refractivity (Wildman–Crippen MR) is 95.3 cm³/mol. The summed E-state index contributed by atoms with van der Waals surface area (Å²) < 4.78 is 13.3. The number of nitrogens with zero attached hydrogens (tertiary/aromatic N) is 1. The van der Waals surface area contributed by atoms with Gasteiger partial charge in [0.2, 0.25) is 0 Å². The largest absolute Gasteiger partial charge is 0.316 e. The monoisotopic (exact) mass is 314 g/mol. The van der Waals surface area contributed by atoms with E-state index >= 15 is 0 Å². The Morgan fingerprint density at radius 3 is 2.04 bits per heavy atom. The Balaban J connectivity index is 2.81. The van der Waals surface area contributed by atoms with Crippen molar-refractivity contribution in [3.05, 3.63) is 52.6 Å². The highest BCUT2D eigenvalue weighted by atomic mass is 19.1. The maximum atomic E-state index is 13.3. The van der Waals surface area contributed by atoms with Crippen LogP contribution in [-0.2, 0) is 6.54 Å². The number of halogens is 1. The molecular formula is C20H27FN2. The Labute approximate surface area is 139 Å². The fraction of sp³-hybridized carbons (Fsp3) is 0.450. The van der Waals surface area contributed by atoms with Crippen molar-refractivity contribution < 1.29 is 4.39 Å². The van der Waals surface area contributed by atoms with E-state index in [9.17, 15) is 4.39 Å². The molecular weight excluding hydrogens is 287 g/mol. The van der Waals surface area contributed by atoms with Crippen LogP contribution >= 0.6 is 0 Å². The Morgan fingerprint density at radius 1 is 1.00 bits per heavy atom. The van der Waals surface area contributed by atoms with Crippen LogP contribution in [0.1, 0.15) is 62.0 Å². The quantitative estimate of drug-likeness (QED) is 0.824. The van der Waals surface area contributed by atoms with Crippen LogP contribution < -0.4 is 5.32 Å². The van der Waals surface area contributed by atoms with Gasteiger partial charge < -0.3 is 5.32 Å². The minimum Gasteiger partial charge on any atom is -0.316 e. The lowest BCUT2D eigenvalue weighted by Crippen LogP contribution is -2.15. The van der Waals surface area contributed by atoms with Gasteiger partial charge in [-0.1, -0.05) is 39.8 Å². The molecule has 0 aliphatic heterocycles. The van der Waals surface area contributed by atoms with Crippen LogP contribution in [0.25, 0.3) is 11.1 Å². The Kier molecular flexibility index (Phi) is 5.53. The molecule has 1 aromatic heterocycles. The van der Waals surface area contributed by atoms with E-state index in [0.29, 0.717) is 11.8 Å². The second-order valence-electron chi connectivity index (χ2n) is 6.71. The summed E-state index contributed by atoms with van der Waals surface area (Å²) in [6, 6.07) is 6.79. The molecule has 0 atom stereocenters. The first-order valence-corrected chi connectivity index (χ1v) is 8.30. The molecule has 3 heteroatoms. The van der Waals surface area contributed by atoms with E-state index in [0.717, 1.165) is 23.5 Å². The Bertz CT molecular complexity index is 673. The van der Waals surface area contributed by atoms with Gasteiger partial charge >= 0.3 is 0 Å². The van der Waals surface area contributed by atoms with E-state index in [4.69, 9.17) is 4.98 Å². The third-order valence-corrected chi connectivity index (χ3v) is 4.19. The highest BCUT2D eigenvalue weighted by Gasteiger charge is 2.21. The molecule has 1 aromatic carbocycles. The van der Waals surface area contributed by atoms with Crippen molar-refractivity contribution in [1.82, 2.24) is 10.3 Å². The first-order valence-electron chi connectivity index (χ1n) is 8.30. The number of pyridine rings is 1. The van der Waals surface area contributed by atoms with E-state index in [1.54, 1.807) is 0 Å². The summed E-state index contributed by atoms with van der Waals surface area (Å²) >= 11 is 0. The summed E-state index contributed by atoms with van der Waals surface area (Å²) in [4.78, 5) is 4.98. The average Bonchev–Trinajstić information content (AvgIpc) is 2.48. The van der Waals surface area contributed by atoms with Crippen molar-refractivity contribution >= 4 is 0 Å². The molecule has 0 bridgehead atoms. The lowest BCUT2D eigenvalue weighted by atomic mass is 9.88. The number of nitrogens with one attached hydrogen (secondary N) is 1. The van der Waals surface area contributed by atoms with E-state index in [2.05, 4.69) is 39.9 Å². The molecule has 2 aromatic rings. The van der Waals surface area contributed by atoms with Crippen LogP contribution in [-0.4, -0.2) is 12.0 Å². The van der Waals surface area contributed by atoms with Gasteiger partial charge in [0.15, 0.2) is 0 Å². The topological polar surface area (TPSA) is 24.9 Å². The van der Waals surface area contributed by atoms with Crippen molar-refractivity contribution in [2.24, 2.45) is 0 Å². The average molecular weight is 314 g/mol. The zero-order valence-corrected chi connectivity index (χ0v) is 15.0. The Morgan fingerprint density at radius 2 is 1.57 bits per heavy atom. The van der Waals surface area contributed by atoms with Crippen LogP contribution in [0.3, 0.4) is 0 Å². The molecule has 1 heterocycles. The maximum absolute atomic E-state index is 13.3. The minimum atomic E-state index is -0.205. The third kappa shape index (κ3) is 3.61. The van der Waals surface area contributed by atoms with Crippen molar-refractivity contribution in [3.8, 4) is 11.1 Å². The molecule has 0 fully saturated rings. The first kappa shape index (κ1) is 17.6. The SMILES string of the molecule is CNCc1c(C(C)C)nc(C(C)C)c(C)c1-c1ccc(F)cc1. The summed E-state index contributed by atoms with van der Waals surface area (Å²) in [6.45, 7) is 11.6. The summed E-state index contributed by atoms with van der Waals surface area (Å²) in [5.41, 5.74) is 6.93. The smallest absolute Gasteiger partial charge is 0.123 e. The highest BCUT2D eigenvalue weighted by Crippen LogP contribution is 2.35. The van der Waals surface area contributed by atoms with Gasteiger partial charge in [0.05, 0.1) is 0 Å². The van der Waals surface area contributed by atoms with Crippen LogP contribution in [0.5, 0.6) is 0 Å². The maximum Gasteiger partial charge on any atom is 0.123 e. The number of rotatable bonds is 5. The fourth-order valence-corrected chi connectivity index (χ4v) is 3.17. The second kappa shape index (κ2) is 7.22. The molecule has 0 unspecified atom stereocenters. The van der Waals surface area contributed by atoms with Crippen LogP contribution in [0.15, 0.2) is 24.3 Å². The minimum absolute atomic E-state index is 0.205. The molecule has 23 heavy (non-hydrogen) atoms. The van der Waals surface area contributed by atoms with Gasteiger partial charge in [0.25, 0.3) is 0 Å². The molecule has 0 amide bonds. The lowest BCUT2D eigenvalue weighted by Gasteiger charge is -2.23. The molecule has 0 saturated heterocycles. The van der Waals surface area contributed by atoms with Gasteiger partial charge in [0.1, 0.15) is 5.82 Å². The van der Waals surface area contributed by atoms with Crippen LogP contribution in [0.2, 0.25) is 0 Å². The van der Waals surface area contributed by atoms with Crippen molar-refractivity contribution in [2.45, 2.75) is 53.0 Å². The molecule has 0 spiro atoms. The lowest BCUT2D eigenvalue weighted by molar-refractivity contribution is 0.628. The predicted octanol–water partition coefficient (Wildman–Crippen LogP) is 5.16. The normalized spacial score (nSPS) is 11.5. The third-order valence-electron chi connectivity index (χ3n) is 4.19. The van der Waals surface area contributed by atoms with Gasteiger partial charge in [-0.15, -0.1) is 0 Å². The van der Waals surface area contributed by atoms with Gasteiger partial charge in [0, 0.05) is 17.9 Å². The molecule has 124 valence electrons. The molecule has 2 nitrogen and oxygen atoms in total. The highest BCUT2D eigenvalue weighted by molar-refractivity contribution is 5.73. The fourth-order valence-electron chi connectivity index (χ4n) is 3.17. The van der Waals surface area contributed by atoms with Gasteiger partial charge in [-0.3, -0.25) is 4.98 Å². The van der Waals surface area contributed by atoms with Crippen LogP contribution in [0.4, 0.5) is 4.39 Å². The molecule has 0 aliphatic carbocycles. The zero-order chi connectivity index (χ0) is 17.1. The second-order valence-corrected chi connectivity index (χ2v) is 6.71. The van der Waals surface area contributed by atoms with E-state index in [-0.39, 0.29) is 5.82 Å². The number of benzene rings is 1. The van der Waals surface area contributed by atoms with Crippen molar-refractivity contribution in [1.29, 1.82) is 0 Å². The van der Waals surface area contributed by atoms with Crippen LogP contribution in [0, 0.1) is 12.7 Å². The van der Waals surface area contributed by atoms with E-state index < -0.39 is 0 Å². The molecule has 0 aliphatic rings. The number of hydrogen-bond acceptors (Lipinski definition) is 2. The molecule has 1 N–H and O–H groups in total. The Hall–Kier alpha value is -1.74. The van der Waals surface area contributed by atoms with Gasteiger partial charge in [-0.05, 0) is 60.2 Å². The summed E-state index contributed by atoms with van der Waals surface area (Å²) in [5, 5.41) is 3.26. The summed E-state index contributed by atoms with van der Waals surface area (Å²) in [5.74, 6) is 0.495. The summed E-state index contributed by atoms with van der Waals surface area (Å²) in [7, 11) is 1.95. The zero-order valence-electron chi connectivity index (χ0n) is 15.0. The molecule has 0 saturated carbocycles. The summed E-state index contributed by atoms with van der Waals surface area (Å²) in [6.07, 6.45) is 0. The molecule has 2 rings (SSSR count). The van der Waals surface area contributed by atoms with Gasteiger partial charge in [-0.25, -0.2) is 4.39 Å².